The molecule has 0 saturated heterocycles. The lowest BCUT2D eigenvalue weighted by atomic mass is 9.99. The predicted octanol–water partition coefficient (Wildman–Crippen LogP) is 4.19. The molecule has 0 aliphatic heterocycles. The smallest absolute Gasteiger partial charge is 0.272 e. The number of nitro groups is 1. The van der Waals surface area contributed by atoms with Crippen molar-refractivity contribution in [1.82, 2.24) is 5.32 Å². The molecule has 4 heteroatoms. The first-order valence-electron chi connectivity index (χ1n) is 7.47. The fourth-order valence-electron chi connectivity index (χ4n) is 2.05. The summed E-state index contributed by atoms with van der Waals surface area (Å²) >= 11 is 0. The molecule has 0 aromatic heterocycles. The summed E-state index contributed by atoms with van der Waals surface area (Å²) in [4.78, 5) is 10.7. The molecule has 1 aromatic rings. The minimum Gasteiger partial charge on any atom is -0.313 e. The Labute approximate surface area is 127 Å². The van der Waals surface area contributed by atoms with Crippen molar-refractivity contribution in [2.24, 2.45) is 11.8 Å². The van der Waals surface area contributed by atoms with E-state index >= 15 is 0 Å². The maximum Gasteiger partial charge on any atom is 0.272 e. The van der Waals surface area contributed by atoms with E-state index in [1.54, 1.807) is 13.0 Å². The lowest BCUT2D eigenvalue weighted by molar-refractivity contribution is -0.385. The number of benzene rings is 1. The fourth-order valence-corrected chi connectivity index (χ4v) is 2.05. The number of hydrogen-bond acceptors (Lipinski definition) is 3. The summed E-state index contributed by atoms with van der Waals surface area (Å²) in [6.45, 7) is 12.2. The largest absolute Gasteiger partial charge is 0.313 e. The molecule has 0 atom stereocenters. The molecule has 0 amide bonds. The molecular weight excluding hydrogens is 264 g/mol. The number of aryl methyl sites for hydroxylation is 1. The van der Waals surface area contributed by atoms with E-state index in [1.165, 1.54) is 5.57 Å². The number of rotatable bonds is 7. The van der Waals surface area contributed by atoms with Crippen molar-refractivity contribution < 1.29 is 4.92 Å². The molecule has 1 aromatic carbocycles. The van der Waals surface area contributed by atoms with Gasteiger partial charge in [-0.3, -0.25) is 10.1 Å². The van der Waals surface area contributed by atoms with Crippen LogP contribution in [0.1, 0.15) is 38.8 Å². The Bertz CT molecular complexity index is 520. The molecule has 0 saturated carbocycles. The van der Waals surface area contributed by atoms with Gasteiger partial charge in [0, 0.05) is 18.2 Å². The van der Waals surface area contributed by atoms with Gasteiger partial charge in [-0.05, 0) is 30.9 Å². The number of nitro benzene ring substituents is 1. The van der Waals surface area contributed by atoms with Crippen molar-refractivity contribution in [1.29, 1.82) is 0 Å². The molecule has 0 heterocycles. The van der Waals surface area contributed by atoms with Crippen LogP contribution in [-0.2, 0) is 0 Å². The van der Waals surface area contributed by atoms with Crippen molar-refractivity contribution in [3.8, 4) is 0 Å². The van der Waals surface area contributed by atoms with Gasteiger partial charge in [0.25, 0.3) is 5.69 Å². The van der Waals surface area contributed by atoms with Crippen LogP contribution >= 0.6 is 0 Å². The molecule has 4 nitrogen and oxygen atoms in total. The lowest BCUT2D eigenvalue weighted by Crippen LogP contribution is -2.23. The Morgan fingerprint density at radius 1 is 1.33 bits per heavy atom. The topological polar surface area (TPSA) is 55.2 Å². The van der Waals surface area contributed by atoms with Gasteiger partial charge in [0.2, 0.25) is 0 Å². The quantitative estimate of drug-likeness (QED) is 0.605. The lowest BCUT2D eigenvalue weighted by Gasteiger charge is -2.14. The fraction of sp³-hybridized carbons (Fsp3) is 0.529. The van der Waals surface area contributed by atoms with Gasteiger partial charge in [0.1, 0.15) is 0 Å². The number of nitrogens with zero attached hydrogens (tertiary/aromatic N) is 1. The third-order valence-electron chi connectivity index (χ3n) is 3.41. The van der Waals surface area contributed by atoms with Gasteiger partial charge in [-0.15, -0.1) is 0 Å². The van der Waals surface area contributed by atoms with E-state index in [-0.39, 0.29) is 10.6 Å². The Morgan fingerprint density at radius 3 is 2.52 bits per heavy atom. The standard InChI is InChI=1S/C17H26N2O2/c1-12(2)10-18-11-16(13(3)4)8-15-7-6-14(5)17(9-15)19(20)21/h6-9,12-13,18H,10-11H2,1-5H3. The van der Waals surface area contributed by atoms with Gasteiger partial charge < -0.3 is 5.32 Å². The second-order valence-corrected chi connectivity index (χ2v) is 6.20. The molecule has 1 rings (SSSR count). The van der Waals surface area contributed by atoms with Crippen LogP contribution in [0.25, 0.3) is 6.08 Å². The Balaban J connectivity index is 2.94. The van der Waals surface area contributed by atoms with Crippen molar-refractivity contribution in [3.63, 3.8) is 0 Å². The predicted molar refractivity (Wildman–Crippen MR) is 88.4 cm³/mol. The van der Waals surface area contributed by atoms with Crippen molar-refractivity contribution in [2.45, 2.75) is 34.6 Å². The number of hydrogen-bond donors (Lipinski definition) is 1. The van der Waals surface area contributed by atoms with E-state index < -0.39 is 0 Å². The molecule has 0 unspecified atom stereocenters. The highest BCUT2D eigenvalue weighted by atomic mass is 16.6. The minimum absolute atomic E-state index is 0.182. The second-order valence-electron chi connectivity index (χ2n) is 6.20. The molecule has 21 heavy (non-hydrogen) atoms. The van der Waals surface area contributed by atoms with E-state index in [2.05, 4.69) is 39.1 Å². The molecule has 1 N–H and O–H groups in total. The van der Waals surface area contributed by atoms with Gasteiger partial charge in [0.05, 0.1) is 4.92 Å². The van der Waals surface area contributed by atoms with E-state index in [9.17, 15) is 10.1 Å². The molecule has 0 fully saturated rings. The van der Waals surface area contributed by atoms with Gasteiger partial charge in [-0.25, -0.2) is 0 Å². The molecule has 0 bridgehead atoms. The van der Waals surface area contributed by atoms with E-state index in [4.69, 9.17) is 0 Å². The Hall–Kier alpha value is -1.68. The first-order valence-corrected chi connectivity index (χ1v) is 7.47. The average Bonchev–Trinajstić information content (AvgIpc) is 2.38. The third-order valence-corrected chi connectivity index (χ3v) is 3.41. The van der Waals surface area contributed by atoms with Gasteiger partial charge in [-0.2, -0.15) is 0 Å². The van der Waals surface area contributed by atoms with Crippen molar-refractivity contribution in [3.05, 3.63) is 45.0 Å². The molecule has 116 valence electrons. The van der Waals surface area contributed by atoms with Crippen LogP contribution in [0.15, 0.2) is 23.8 Å². The van der Waals surface area contributed by atoms with E-state index in [0.29, 0.717) is 17.4 Å². The summed E-state index contributed by atoms with van der Waals surface area (Å²) in [7, 11) is 0. The van der Waals surface area contributed by atoms with Gasteiger partial charge >= 0.3 is 0 Å². The maximum atomic E-state index is 11.0. The van der Waals surface area contributed by atoms with E-state index in [0.717, 1.165) is 18.7 Å². The molecule has 0 aliphatic carbocycles. The summed E-state index contributed by atoms with van der Waals surface area (Å²) in [5, 5.41) is 14.4. The number of nitrogens with one attached hydrogen (secondary N) is 1. The second kappa shape index (κ2) is 7.93. The summed E-state index contributed by atoms with van der Waals surface area (Å²) in [5.41, 5.74) is 3.03. The monoisotopic (exact) mass is 290 g/mol. The van der Waals surface area contributed by atoms with Crippen LogP contribution in [0, 0.1) is 28.9 Å². The molecule has 0 spiro atoms. The average molecular weight is 290 g/mol. The zero-order valence-corrected chi connectivity index (χ0v) is 13.6. The highest BCUT2D eigenvalue weighted by molar-refractivity contribution is 5.58. The SMILES string of the molecule is Cc1ccc(C=C(CNCC(C)C)C(C)C)cc1[N+](=O)[O-]. The zero-order chi connectivity index (χ0) is 16.0. The molecule has 0 radical (unpaired) electrons. The van der Waals surface area contributed by atoms with Crippen LogP contribution in [0.2, 0.25) is 0 Å². The minimum atomic E-state index is -0.321. The third kappa shape index (κ3) is 5.68. The Morgan fingerprint density at radius 2 is 2.00 bits per heavy atom. The maximum absolute atomic E-state index is 11.0. The highest BCUT2D eigenvalue weighted by Gasteiger charge is 2.11. The van der Waals surface area contributed by atoms with Crippen LogP contribution in [0.5, 0.6) is 0 Å². The summed E-state index contributed by atoms with van der Waals surface area (Å²) < 4.78 is 0. The van der Waals surface area contributed by atoms with Gasteiger partial charge in [-0.1, -0.05) is 51.5 Å². The van der Waals surface area contributed by atoms with Crippen LogP contribution in [-0.4, -0.2) is 18.0 Å². The van der Waals surface area contributed by atoms with Crippen LogP contribution in [0.3, 0.4) is 0 Å². The van der Waals surface area contributed by atoms with Crippen LogP contribution in [0.4, 0.5) is 5.69 Å². The zero-order valence-electron chi connectivity index (χ0n) is 13.6. The first kappa shape index (κ1) is 17.4. The first-order chi connectivity index (χ1) is 9.81. The highest BCUT2D eigenvalue weighted by Crippen LogP contribution is 2.22. The van der Waals surface area contributed by atoms with Crippen LogP contribution < -0.4 is 5.32 Å². The summed E-state index contributed by atoms with van der Waals surface area (Å²) in [5.74, 6) is 1.02. The van der Waals surface area contributed by atoms with Crippen molar-refractivity contribution >= 4 is 11.8 Å². The van der Waals surface area contributed by atoms with E-state index in [1.807, 2.05) is 12.1 Å². The normalized spacial score (nSPS) is 12.2. The van der Waals surface area contributed by atoms with Gasteiger partial charge in [0.15, 0.2) is 0 Å². The molecule has 0 aliphatic rings. The summed E-state index contributed by atoms with van der Waals surface area (Å²) in [6, 6.07) is 5.40. The van der Waals surface area contributed by atoms with Crippen molar-refractivity contribution in [2.75, 3.05) is 13.1 Å². The molecular formula is C17H26N2O2. The summed E-state index contributed by atoms with van der Waals surface area (Å²) in [6.07, 6.45) is 2.06. The Kier molecular flexibility index (Phi) is 6.56.